The number of allylic oxidation sites excluding steroid dienone is 4. The Hall–Kier alpha value is -0.570. The number of ether oxygens (including phenoxy) is 1. The van der Waals surface area contributed by atoms with Crippen molar-refractivity contribution in [2.24, 2.45) is 0 Å². The number of hydrogen-bond donors (Lipinski definition) is 3. The fourth-order valence-electron chi connectivity index (χ4n) is 2.98. The quantitative estimate of drug-likeness (QED) is 0.194. The van der Waals surface area contributed by atoms with Crippen LogP contribution in [0.5, 0.6) is 5.75 Å². The third-order valence-corrected chi connectivity index (χ3v) is 7.22. The number of esters is 1. The lowest BCUT2D eigenvalue weighted by Crippen LogP contribution is -2.45. The lowest BCUT2D eigenvalue weighted by atomic mass is 9.99. The van der Waals surface area contributed by atoms with Gasteiger partial charge in [-0.3, -0.25) is 4.79 Å². The molecule has 0 saturated carbocycles. The van der Waals surface area contributed by atoms with E-state index in [9.17, 15) is 19.8 Å². The number of alkyl halides is 1. The number of nitrogens with one attached hydrogen (secondary N) is 1. The van der Waals surface area contributed by atoms with Gasteiger partial charge >= 0.3 is 5.97 Å². The Kier molecular flexibility index (Phi) is 9.92. The molecule has 0 saturated heterocycles. The second-order valence-corrected chi connectivity index (χ2v) is 12.2. The molecule has 6 nitrogen and oxygen atoms in total. The Morgan fingerprint density at radius 1 is 1.26 bits per heavy atom. The van der Waals surface area contributed by atoms with Crippen LogP contribution in [0, 0.1) is 3.57 Å². The number of phenols is 1. The number of benzene rings is 1. The van der Waals surface area contributed by atoms with Crippen LogP contribution in [0.4, 0.5) is 0 Å². The predicted molar refractivity (Wildman–Crippen MR) is 146 cm³/mol. The van der Waals surface area contributed by atoms with E-state index in [1.165, 1.54) is 0 Å². The number of carbonyl (C=O) groups is 2. The normalized spacial score (nSPS) is 17.7. The summed E-state index contributed by atoms with van der Waals surface area (Å²) >= 11 is 6.31. The zero-order valence-corrected chi connectivity index (χ0v) is 24.0. The summed E-state index contributed by atoms with van der Waals surface area (Å²) in [7, 11) is 0. The van der Waals surface area contributed by atoms with Crippen molar-refractivity contribution in [3.05, 3.63) is 48.3 Å². The molecule has 1 aromatic carbocycles. The Labute approximate surface area is 223 Å². The summed E-state index contributed by atoms with van der Waals surface area (Å²) in [6.07, 6.45) is 3.69. The molecule has 0 heterocycles. The molecule has 0 radical (unpaired) electrons. The van der Waals surface area contributed by atoms with Crippen molar-refractivity contribution in [2.45, 2.75) is 62.0 Å². The average molecular weight is 765 g/mol. The summed E-state index contributed by atoms with van der Waals surface area (Å²) in [5.74, 6) is -0.172. The third-order valence-electron chi connectivity index (χ3n) is 4.47. The topological polar surface area (TPSA) is 95.9 Å². The van der Waals surface area contributed by atoms with Crippen molar-refractivity contribution in [3.63, 3.8) is 0 Å². The van der Waals surface area contributed by atoms with Crippen LogP contribution in [0.2, 0.25) is 0 Å². The molecule has 0 bridgehead atoms. The number of aliphatic hydroxyl groups excluding tert-OH is 1. The first-order valence-electron chi connectivity index (χ1n) is 9.77. The van der Waals surface area contributed by atoms with Gasteiger partial charge in [-0.05, 0) is 103 Å². The molecule has 2 atom stereocenters. The van der Waals surface area contributed by atoms with Gasteiger partial charge in [0.25, 0.3) is 0 Å². The van der Waals surface area contributed by atoms with E-state index < -0.39 is 17.6 Å². The Balaban J connectivity index is 2.07. The SMILES string of the molecule is CC(C)(C)OC(=O)C(Cc1ccc(O)c(I)c1)NC(=O)CCC1=CC(I)=C(O)C(I)C1. The van der Waals surface area contributed by atoms with Gasteiger partial charge in [-0.15, -0.1) is 0 Å². The fraction of sp³-hybridized carbons (Fsp3) is 0.455. The smallest absolute Gasteiger partial charge is 0.329 e. The van der Waals surface area contributed by atoms with E-state index in [4.69, 9.17) is 4.74 Å². The van der Waals surface area contributed by atoms with E-state index in [2.05, 4.69) is 50.5 Å². The molecule has 2 unspecified atom stereocenters. The Bertz CT molecular complexity index is 905. The number of rotatable bonds is 7. The summed E-state index contributed by atoms with van der Waals surface area (Å²) in [6.45, 7) is 5.36. The van der Waals surface area contributed by atoms with Crippen molar-refractivity contribution < 1.29 is 24.5 Å². The van der Waals surface area contributed by atoms with Crippen LogP contribution in [0.25, 0.3) is 0 Å². The van der Waals surface area contributed by atoms with E-state index in [-0.39, 0.29) is 28.4 Å². The minimum absolute atomic E-state index is 0.0130. The van der Waals surface area contributed by atoms with Gasteiger partial charge in [-0.2, -0.15) is 0 Å². The van der Waals surface area contributed by atoms with Crippen LogP contribution >= 0.6 is 67.8 Å². The Morgan fingerprint density at radius 3 is 2.52 bits per heavy atom. The van der Waals surface area contributed by atoms with Gasteiger partial charge in [0.05, 0.1) is 11.1 Å². The van der Waals surface area contributed by atoms with Crippen molar-refractivity contribution in [3.8, 4) is 5.75 Å². The highest BCUT2D eigenvalue weighted by Crippen LogP contribution is 2.33. The van der Waals surface area contributed by atoms with E-state index in [1.807, 2.05) is 28.7 Å². The van der Waals surface area contributed by atoms with Crippen LogP contribution in [-0.4, -0.2) is 37.7 Å². The first-order chi connectivity index (χ1) is 14.4. The van der Waals surface area contributed by atoms with Crippen molar-refractivity contribution in [1.82, 2.24) is 5.32 Å². The molecule has 170 valence electrons. The van der Waals surface area contributed by atoms with Crippen LogP contribution in [0.1, 0.15) is 45.6 Å². The van der Waals surface area contributed by atoms with E-state index in [1.54, 1.807) is 39.0 Å². The van der Waals surface area contributed by atoms with Gasteiger partial charge in [0.15, 0.2) is 0 Å². The summed E-state index contributed by atoms with van der Waals surface area (Å²) in [6, 6.07) is 4.27. The summed E-state index contributed by atoms with van der Waals surface area (Å²) < 4.78 is 6.99. The van der Waals surface area contributed by atoms with Gasteiger partial charge in [-0.25, -0.2) is 4.79 Å². The van der Waals surface area contributed by atoms with Crippen LogP contribution in [0.15, 0.2) is 39.2 Å². The second-order valence-electron chi connectivity index (χ2n) is 8.35. The van der Waals surface area contributed by atoms with Crippen LogP contribution < -0.4 is 5.32 Å². The summed E-state index contributed by atoms with van der Waals surface area (Å²) in [5.41, 5.74) is 1.24. The number of aliphatic hydroxyl groups is 1. The molecule has 0 spiro atoms. The first kappa shape index (κ1) is 26.7. The van der Waals surface area contributed by atoms with Crippen LogP contribution in [-0.2, 0) is 20.7 Å². The highest BCUT2D eigenvalue weighted by Gasteiger charge is 2.27. The standard InChI is InChI=1S/C22H26I3NO5/c1-22(2,3)31-21(30)17(11-13-4-6-18(27)14(23)8-13)26-19(28)7-5-12-9-15(24)20(29)16(25)10-12/h4,6,8-9,16-17,27,29H,5,7,10-11H2,1-3H3,(H,26,28). The highest BCUT2D eigenvalue weighted by molar-refractivity contribution is 14.1. The number of hydrogen-bond acceptors (Lipinski definition) is 5. The molecule has 9 heteroatoms. The maximum atomic E-state index is 12.7. The summed E-state index contributed by atoms with van der Waals surface area (Å²) in [5, 5.41) is 22.5. The molecule has 1 aliphatic rings. The second kappa shape index (κ2) is 11.5. The van der Waals surface area contributed by atoms with E-state index in [0.717, 1.165) is 14.7 Å². The molecule has 0 fully saturated rings. The van der Waals surface area contributed by atoms with E-state index >= 15 is 0 Å². The van der Waals surface area contributed by atoms with Crippen molar-refractivity contribution >= 4 is 79.6 Å². The minimum atomic E-state index is -0.825. The molecule has 0 aliphatic heterocycles. The van der Waals surface area contributed by atoms with Gasteiger partial charge in [0, 0.05) is 12.8 Å². The number of phenolic OH excluding ortho intramolecular Hbond substituents is 1. The van der Waals surface area contributed by atoms with Gasteiger partial charge < -0.3 is 20.3 Å². The van der Waals surface area contributed by atoms with Gasteiger partial charge in [-0.1, -0.05) is 34.2 Å². The maximum absolute atomic E-state index is 12.7. The zero-order valence-electron chi connectivity index (χ0n) is 17.5. The molecular weight excluding hydrogens is 739 g/mol. The van der Waals surface area contributed by atoms with E-state index in [0.29, 0.717) is 22.2 Å². The molecule has 1 amide bonds. The van der Waals surface area contributed by atoms with Gasteiger partial charge in [0.1, 0.15) is 23.2 Å². The van der Waals surface area contributed by atoms with Crippen molar-refractivity contribution in [2.75, 3.05) is 0 Å². The molecular formula is C22H26I3NO5. The third kappa shape index (κ3) is 8.71. The van der Waals surface area contributed by atoms with Crippen LogP contribution in [0.3, 0.4) is 0 Å². The number of carbonyl (C=O) groups excluding carboxylic acids is 2. The number of aromatic hydroxyl groups is 1. The zero-order chi connectivity index (χ0) is 23.3. The minimum Gasteiger partial charge on any atom is -0.510 e. The average Bonchev–Trinajstić information content (AvgIpc) is 2.65. The molecule has 1 aromatic rings. The maximum Gasteiger partial charge on any atom is 0.329 e. The number of halogens is 3. The molecule has 2 rings (SSSR count). The lowest BCUT2D eigenvalue weighted by molar-refractivity contribution is -0.158. The molecule has 3 N–H and O–H groups in total. The first-order valence-corrected chi connectivity index (χ1v) is 13.2. The fourth-order valence-corrected chi connectivity index (χ4v) is 5.88. The van der Waals surface area contributed by atoms with Crippen molar-refractivity contribution in [1.29, 1.82) is 0 Å². The largest absolute Gasteiger partial charge is 0.510 e. The lowest BCUT2D eigenvalue weighted by Gasteiger charge is -2.25. The van der Waals surface area contributed by atoms with Gasteiger partial charge in [0.2, 0.25) is 5.91 Å². The number of amides is 1. The molecule has 0 aromatic heterocycles. The predicted octanol–water partition coefficient (Wildman–Crippen LogP) is 5.48. The monoisotopic (exact) mass is 765 g/mol. The highest BCUT2D eigenvalue weighted by atomic mass is 127. The molecule has 31 heavy (non-hydrogen) atoms. The summed E-state index contributed by atoms with van der Waals surface area (Å²) in [4.78, 5) is 25.4. The molecule has 1 aliphatic carbocycles. The Morgan fingerprint density at radius 2 is 1.94 bits per heavy atom.